The molecule has 0 radical (unpaired) electrons. The van der Waals surface area contributed by atoms with Crippen molar-refractivity contribution in [2.24, 2.45) is 0 Å². The van der Waals surface area contributed by atoms with Gasteiger partial charge in [0.25, 0.3) is 0 Å². The molecule has 1 amide bonds. The van der Waals surface area contributed by atoms with Crippen molar-refractivity contribution >= 4 is 5.91 Å². The first-order valence-corrected chi connectivity index (χ1v) is 6.24. The molecule has 0 spiro atoms. The molecule has 0 unspecified atom stereocenters. The largest absolute Gasteiger partial charge is 0.394 e. The summed E-state index contributed by atoms with van der Waals surface area (Å²) in [7, 11) is 0. The molecule has 0 bridgehead atoms. The first-order valence-electron chi connectivity index (χ1n) is 6.24. The molecule has 3 heteroatoms. The maximum atomic E-state index is 11.9. The van der Waals surface area contributed by atoms with Crippen molar-refractivity contribution in [1.29, 1.82) is 0 Å². The number of carbonyl (C=O) groups is 1. The van der Waals surface area contributed by atoms with Gasteiger partial charge in [0.15, 0.2) is 0 Å². The van der Waals surface area contributed by atoms with Crippen LogP contribution in [0.4, 0.5) is 0 Å². The molecule has 1 fully saturated rings. The van der Waals surface area contributed by atoms with Crippen LogP contribution in [0, 0.1) is 0 Å². The summed E-state index contributed by atoms with van der Waals surface area (Å²) >= 11 is 0. The second-order valence-corrected chi connectivity index (χ2v) is 4.75. The number of aliphatic hydroxyl groups excluding tert-OH is 1. The SMILES string of the molecule is CCC=C(C)C(=O)NC1(CO)CCCCC1. The van der Waals surface area contributed by atoms with Crippen LogP contribution >= 0.6 is 0 Å². The minimum absolute atomic E-state index is 0.0298. The molecule has 1 saturated carbocycles. The normalized spacial score (nSPS) is 20.6. The van der Waals surface area contributed by atoms with E-state index in [1.165, 1.54) is 6.42 Å². The molecule has 0 aromatic heterocycles. The molecule has 92 valence electrons. The summed E-state index contributed by atoms with van der Waals surface area (Å²) in [6.45, 7) is 3.89. The Balaban J connectivity index is 2.62. The lowest BCUT2D eigenvalue weighted by atomic mass is 9.82. The van der Waals surface area contributed by atoms with Gasteiger partial charge in [-0.25, -0.2) is 0 Å². The summed E-state index contributed by atoms with van der Waals surface area (Å²) in [4.78, 5) is 11.9. The Labute approximate surface area is 97.9 Å². The van der Waals surface area contributed by atoms with E-state index in [1.54, 1.807) is 0 Å². The van der Waals surface area contributed by atoms with Crippen molar-refractivity contribution in [3.8, 4) is 0 Å². The molecule has 1 aliphatic rings. The number of aliphatic hydroxyl groups is 1. The van der Waals surface area contributed by atoms with Gasteiger partial charge in [-0.1, -0.05) is 32.3 Å². The van der Waals surface area contributed by atoms with E-state index in [-0.39, 0.29) is 18.1 Å². The Morgan fingerprint density at radius 1 is 1.38 bits per heavy atom. The molecule has 1 rings (SSSR count). The number of rotatable bonds is 4. The monoisotopic (exact) mass is 225 g/mol. The molecule has 0 aliphatic heterocycles. The number of hydrogen-bond donors (Lipinski definition) is 2. The highest BCUT2D eigenvalue weighted by Crippen LogP contribution is 2.27. The van der Waals surface area contributed by atoms with Crippen LogP contribution in [0.2, 0.25) is 0 Å². The lowest BCUT2D eigenvalue weighted by Gasteiger charge is -2.36. The lowest BCUT2D eigenvalue weighted by molar-refractivity contribution is -0.120. The molecule has 1 aliphatic carbocycles. The molecule has 0 heterocycles. The fourth-order valence-electron chi connectivity index (χ4n) is 2.29. The van der Waals surface area contributed by atoms with Gasteiger partial charge in [0.05, 0.1) is 12.1 Å². The van der Waals surface area contributed by atoms with E-state index in [2.05, 4.69) is 5.32 Å². The fraction of sp³-hybridized carbons (Fsp3) is 0.769. The smallest absolute Gasteiger partial charge is 0.247 e. The van der Waals surface area contributed by atoms with Gasteiger partial charge in [0, 0.05) is 5.57 Å². The highest BCUT2D eigenvalue weighted by atomic mass is 16.3. The Bertz CT molecular complexity index is 265. The highest BCUT2D eigenvalue weighted by Gasteiger charge is 2.32. The summed E-state index contributed by atoms with van der Waals surface area (Å²) in [6, 6.07) is 0. The van der Waals surface area contributed by atoms with Crippen molar-refractivity contribution in [3.05, 3.63) is 11.6 Å². The van der Waals surface area contributed by atoms with E-state index < -0.39 is 0 Å². The zero-order chi connectivity index (χ0) is 12.0. The minimum Gasteiger partial charge on any atom is -0.394 e. The average molecular weight is 225 g/mol. The van der Waals surface area contributed by atoms with Gasteiger partial charge in [0.2, 0.25) is 5.91 Å². The quantitative estimate of drug-likeness (QED) is 0.720. The van der Waals surface area contributed by atoms with E-state index in [1.807, 2.05) is 19.9 Å². The highest BCUT2D eigenvalue weighted by molar-refractivity contribution is 5.93. The molecule has 0 saturated heterocycles. The molecule has 0 atom stereocenters. The van der Waals surface area contributed by atoms with Gasteiger partial charge in [0.1, 0.15) is 0 Å². The van der Waals surface area contributed by atoms with Gasteiger partial charge in [-0.3, -0.25) is 4.79 Å². The van der Waals surface area contributed by atoms with Crippen LogP contribution in [0.5, 0.6) is 0 Å². The van der Waals surface area contributed by atoms with Gasteiger partial charge in [-0.05, 0) is 26.2 Å². The number of nitrogens with one attached hydrogen (secondary N) is 1. The Hall–Kier alpha value is -0.830. The predicted octanol–water partition coefficient (Wildman–Crippen LogP) is 2.15. The summed E-state index contributed by atoms with van der Waals surface area (Å²) in [5.74, 6) is -0.0298. The van der Waals surface area contributed by atoms with E-state index in [0.717, 1.165) is 37.7 Å². The summed E-state index contributed by atoms with van der Waals surface area (Å²) in [5.41, 5.74) is 0.388. The van der Waals surface area contributed by atoms with E-state index in [0.29, 0.717) is 0 Å². The van der Waals surface area contributed by atoms with Crippen molar-refractivity contribution in [1.82, 2.24) is 5.32 Å². The van der Waals surface area contributed by atoms with Crippen molar-refractivity contribution in [3.63, 3.8) is 0 Å². The lowest BCUT2D eigenvalue weighted by Crippen LogP contribution is -2.52. The molecule has 2 N–H and O–H groups in total. The molecular weight excluding hydrogens is 202 g/mol. The summed E-state index contributed by atoms with van der Waals surface area (Å²) in [5, 5.41) is 12.5. The number of allylic oxidation sites excluding steroid dienone is 1. The minimum atomic E-state index is -0.363. The van der Waals surface area contributed by atoms with Gasteiger partial charge in [-0.15, -0.1) is 0 Å². The van der Waals surface area contributed by atoms with E-state index in [9.17, 15) is 9.90 Å². The van der Waals surface area contributed by atoms with Gasteiger partial charge in [-0.2, -0.15) is 0 Å². The first kappa shape index (κ1) is 13.2. The zero-order valence-electron chi connectivity index (χ0n) is 10.4. The number of carbonyl (C=O) groups excluding carboxylic acids is 1. The predicted molar refractivity (Wildman–Crippen MR) is 65.1 cm³/mol. The number of amides is 1. The standard InChI is InChI=1S/C13H23NO2/c1-3-7-11(2)12(16)14-13(10-15)8-5-4-6-9-13/h7,15H,3-6,8-10H2,1-2H3,(H,14,16). The first-order chi connectivity index (χ1) is 7.63. The molecule has 0 aromatic rings. The van der Waals surface area contributed by atoms with Crippen LogP contribution in [0.15, 0.2) is 11.6 Å². The Morgan fingerprint density at radius 3 is 2.50 bits per heavy atom. The van der Waals surface area contributed by atoms with Crippen molar-refractivity contribution in [2.45, 2.75) is 57.9 Å². The molecular formula is C13H23NO2. The third-order valence-electron chi connectivity index (χ3n) is 3.36. The molecule has 16 heavy (non-hydrogen) atoms. The maximum absolute atomic E-state index is 11.9. The van der Waals surface area contributed by atoms with Crippen molar-refractivity contribution < 1.29 is 9.90 Å². The summed E-state index contributed by atoms with van der Waals surface area (Å²) < 4.78 is 0. The van der Waals surface area contributed by atoms with Crippen molar-refractivity contribution in [2.75, 3.05) is 6.61 Å². The fourth-order valence-corrected chi connectivity index (χ4v) is 2.29. The van der Waals surface area contributed by atoms with Crippen LogP contribution in [0.25, 0.3) is 0 Å². The van der Waals surface area contributed by atoms with Crippen LogP contribution in [0.1, 0.15) is 52.4 Å². The molecule has 3 nitrogen and oxygen atoms in total. The van der Waals surface area contributed by atoms with E-state index in [4.69, 9.17) is 0 Å². The van der Waals surface area contributed by atoms with E-state index >= 15 is 0 Å². The topological polar surface area (TPSA) is 49.3 Å². The van der Waals surface area contributed by atoms with Crippen LogP contribution in [-0.4, -0.2) is 23.2 Å². The van der Waals surface area contributed by atoms with Gasteiger partial charge >= 0.3 is 0 Å². The maximum Gasteiger partial charge on any atom is 0.247 e. The number of hydrogen-bond acceptors (Lipinski definition) is 2. The van der Waals surface area contributed by atoms with Crippen LogP contribution in [-0.2, 0) is 4.79 Å². The third-order valence-corrected chi connectivity index (χ3v) is 3.36. The Kier molecular flexibility index (Phi) is 5.00. The van der Waals surface area contributed by atoms with Crippen LogP contribution < -0.4 is 5.32 Å². The summed E-state index contributed by atoms with van der Waals surface area (Å²) in [6.07, 6.45) is 7.98. The third kappa shape index (κ3) is 3.34. The second kappa shape index (κ2) is 6.04. The van der Waals surface area contributed by atoms with Crippen LogP contribution in [0.3, 0.4) is 0 Å². The Morgan fingerprint density at radius 2 is 2.00 bits per heavy atom. The second-order valence-electron chi connectivity index (χ2n) is 4.75. The zero-order valence-corrected chi connectivity index (χ0v) is 10.4. The molecule has 0 aromatic carbocycles. The average Bonchev–Trinajstić information content (AvgIpc) is 2.30. The van der Waals surface area contributed by atoms with Gasteiger partial charge < -0.3 is 10.4 Å².